The van der Waals surface area contributed by atoms with Gasteiger partial charge in [-0.25, -0.2) is 9.18 Å². The number of nitrogens with zero attached hydrogens (tertiary/aromatic N) is 1. The number of carbonyl (C=O) groups excluding carboxylic acids is 3. The van der Waals surface area contributed by atoms with E-state index in [1.807, 2.05) is 0 Å². The molecule has 1 aromatic carbocycles. The van der Waals surface area contributed by atoms with Crippen molar-refractivity contribution in [2.75, 3.05) is 13.2 Å². The Kier molecular flexibility index (Phi) is 6.06. The van der Waals surface area contributed by atoms with Gasteiger partial charge >= 0.3 is 5.97 Å². The Labute approximate surface area is 139 Å². The van der Waals surface area contributed by atoms with Gasteiger partial charge in [-0.3, -0.25) is 9.59 Å². The first-order chi connectivity index (χ1) is 11.5. The van der Waals surface area contributed by atoms with Crippen molar-refractivity contribution in [3.05, 3.63) is 41.7 Å². The van der Waals surface area contributed by atoms with Gasteiger partial charge in [-0.15, -0.1) is 0 Å². The molecular weight excluding hydrogens is 315 g/mol. The van der Waals surface area contributed by atoms with Gasteiger partial charge in [0, 0.05) is 12.6 Å². The summed E-state index contributed by atoms with van der Waals surface area (Å²) < 4.78 is 17.9. The second-order valence-electron chi connectivity index (χ2n) is 5.50. The number of primary amides is 1. The fourth-order valence-corrected chi connectivity index (χ4v) is 2.56. The molecule has 0 aliphatic carbocycles. The summed E-state index contributed by atoms with van der Waals surface area (Å²) in [6.45, 7) is -0.0424. The molecule has 2 rings (SSSR count). The van der Waals surface area contributed by atoms with Gasteiger partial charge in [0.05, 0.1) is 0 Å². The number of piperidine rings is 1. The largest absolute Gasteiger partial charge is 0.452 e. The van der Waals surface area contributed by atoms with Crippen molar-refractivity contribution >= 4 is 23.9 Å². The van der Waals surface area contributed by atoms with E-state index in [4.69, 9.17) is 10.5 Å². The zero-order chi connectivity index (χ0) is 17.5. The van der Waals surface area contributed by atoms with Crippen LogP contribution < -0.4 is 5.73 Å². The van der Waals surface area contributed by atoms with Gasteiger partial charge in [0.15, 0.2) is 6.61 Å². The molecular formula is C17H19FN2O4. The molecule has 0 bridgehead atoms. The van der Waals surface area contributed by atoms with Crippen LogP contribution in [0, 0.1) is 5.82 Å². The zero-order valence-corrected chi connectivity index (χ0v) is 13.1. The number of halogens is 1. The highest BCUT2D eigenvalue weighted by Gasteiger charge is 2.30. The number of amides is 2. The first-order valence-corrected chi connectivity index (χ1v) is 7.66. The Morgan fingerprint density at radius 2 is 2.12 bits per heavy atom. The minimum absolute atomic E-state index is 0.414. The van der Waals surface area contributed by atoms with E-state index in [1.165, 1.54) is 29.2 Å². The summed E-state index contributed by atoms with van der Waals surface area (Å²) >= 11 is 0. The van der Waals surface area contributed by atoms with E-state index < -0.39 is 36.2 Å². The lowest BCUT2D eigenvalue weighted by Crippen LogP contribution is -2.51. The average molecular weight is 334 g/mol. The van der Waals surface area contributed by atoms with Gasteiger partial charge in [0.1, 0.15) is 11.9 Å². The molecule has 0 unspecified atom stereocenters. The van der Waals surface area contributed by atoms with Gasteiger partial charge in [-0.2, -0.15) is 0 Å². The van der Waals surface area contributed by atoms with Crippen LogP contribution in [-0.2, 0) is 19.1 Å². The Bertz CT molecular complexity index is 660. The number of benzene rings is 1. The van der Waals surface area contributed by atoms with E-state index in [2.05, 4.69) is 0 Å². The molecule has 1 fully saturated rings. The summed E-state index contributed by atoms with van der Waals surface area (Å²) in [5.74, 6) is -2.14. The highest BCUT2D eigenvalue weighted by molar-refractivity contribution is 5.91. The first kappa shape index (κ1) is 17.7. The summed E-state index contributed by atoms with van der Waals surface area (Å²) in [5, 5.41) is 0. The minimum Gasteiger partial charge on any atom is -0.452 e. The molecule has 24 heavy (non-hydrogen) atoms. The van der Waals surface area contributed by atoms with Crippen LogP contribution >= 0.6 is 0 Å². The molecule has 6 nitrogen and oxygen atoms in total. The van der Waals surface area contributed by atoms with Crippen LogP contribution in [0.2, 0.25) is 0 Å². The molecule has 7 heteroatoms. The molecule has 0 aromatic heterocycles. The molecule has 2 amide bonds. The smallest absolute Gasteiger partial charge is 0.331 e. The summed E-state index contributed by atoms with van der Waals surface area (Å²) in [5.41, 5.74) is 5.80. The standard InChI is InChI=1S/C17H19FN2O4/c18-13-5-3-4-12(10-13)7-8-16(22)24-11-15(21)20-9-2-1-6-14(20)17(19)23/h3-5,7-8,10,14H,1-2,6,9,11H2,(H2,19,23)/b8-7+/t14-/m0/s1. The Hall–Kier alpha value is -2.70. The van der Waals surface area contributed by atoms with Gasteiger partial charge < -0.3 is 15.4 Å². The summed E-state index contributed by atoms with van der Waals surface area (Å²) in [7, 11) is 0. The number of ether oxygens (including phenoxy) is 1. The normalized spacial score (nSPS) is 17.7. The maximum atomic E-state index is 13.0. The highest BCUT2D eigenvalue weighted by Crippen LogP contribution is 2.17. The van der Waals surface area contributed by atoms with Crippen LogP contribution in [-0.4, -0.2) is 41.9 Å². The first-order valence-electron chi connectivity index (χ1n) is 7.66. The number of rotatable bonds is 5. The number of hydrogen-bond donors (Lipinski definition) is 1. The third-order valence-electron chi connectivity index (χ3n) is 3.75. The van der Waals surface area contributed by atoms with Gasteiger partial charge in [0.2, 0.25) is 5.91 Å². The van der Waals surface area contributed by atoms with E-state index in [1.54, 1.807) is 6.07 Å². The number of likely N-dealkylation sites (tertiary alicyclic amines) is 1. The predicted octanol–water partition coefficient (Wildman–Crippen LogP) is 1.25. The van der Waals surface area contributed by atoms with Gasteiger partial charge in [0.25, 0.3) is 5.91 Å². The molecule has 1 aliphatic heterocycles. The molecule has 128 valence electrons. The summed E-state index contributed by atoms with van der Waals surface area (Å²) in [6.07, 6.45) is 4.64. The number of carbonyl (C=O) groups is 3. The fraction of sp³-hybridized carbons (Fsp3) is 0.353. The molecule has 0 radical (unpaired) electrons. The third kappa shape index (κ3) is 4.91. The fourth-order valence-electron chi connectivity index (χ4n) is 2.56. The monoisotopic (exact) mass is 334 g/mol. The zero-order valence-electron chi connectivity index (χ0n) is 13.1. The van der Waals surface area contributed by atoms with E-state index in [-0.39, 0.29) is 0 Å². The van der Waals surface area contributed by atoms with Crippen molar-refractivity contribution in [1.82, 2.24) is 4.90 Å². The lowest BCUT2D eigenvalue weighted by molar-refractivity contribution is -0.151. The van der Waals surface area contributed by atoms with Crippen LogP contribution in [0.4, 0.5) is 4.39 Å². The maximum absolute atomic E-state index is 13.0. The number of esters is 1. The second kappa shape index (κ2) is 8.24. The molecule has 0 saturated carbocycles. The van der Waals surface area contributed by atoms with E-state index in [0.717, 1.165) is 18.9 Å². The van der Waals surface area contributed by atoms with Crippen molar-refractivity contribution in [2.45, 2.75) is 25.3 Å². The molecule has 1 aromatic rings. The Morgan fingerprint density at radius 1 is 1.33 bits per heavy atom. The van der Waals surface area contributed by atoms with Gasteiger partial charge in [-0.1, -0.05) is 12.1 Å². The average Bonchev–Trinajstić information content (AvgIpc) is 2.58. The van der Waals surface area contributed by atoms with Crippen molar-refractivity contribution in [3.63, 3.8) is 0 Å². The van der Waals surface area contributed by atoms with E-state index in [0.29, 0.717) is 18.5 Å². The lowest BCUT2D eigenvalue weighted by Gasteiger charge is -2.33. The van der Waals surface area contributed by atoms with Crippen molar-refractivity contribution < 1.29 is 23.5 Å². The SMILES string of the molecule is NC(=O)[C@@H]1CCCCN1C(=O)COC(=O)/C=C/c1cccc(F)c1. The molecule has 2 N–H and O–H groups in total. The topological polar surface area (TPSA) is 89.7 Å². The van der Waals surface area contributed by atoms with E-state index >= 15 is 0 Å². The van der Waals surface area contributed by atoms with Crippen LogP contribution in [0.1, 0.15) is 24.8 Å². The quantitative estimate of drug-likeness (QED) is 0.648. The Morgan fingerprint density at radius 3 is 2.83 bits per heavy atom. The van der Waals surface area contributed by atoms with Crippen LogP contribution in [0.25, 0.3) is 6.08 Å². The number of nitrogens with two attached hydrogens (primary N) is 1. The van der Waals surface area contributed by atoms with Crippen molar-refractivity contribution in [2.24, 2.45) is 5.73 Å². The second-order valence-corrected chi connectivity index (χ2v) is 5.50. The predicted molar refractivity (Wildman–Crippen MR) is 84.9 cm³/mol. The molecule has 0 spiro atoms. The van der Waals surface area contributed by atoms with Gasteiger partial charge in [-0.05, 0) is 43.0 Å². The molecule has 1 saturated heterocycles. The summed E-state index contributed by atoms with van der Waals surface area (Å²) in [4.78, 5) is 36.5. The molecule has 1 aliphatic rings. The summed E-state index contributed by atoms with van der Waals surface area (Å²) in [6, 6.07) is 5.06. The number of hydrogen-bond acceptors (Lipinski definition) is 4. The lowest BCUT2D eigenvalue weighted by atomic mass is 10.0. The minimum atomic E-state index is -0.722. The van der Waals surface area contributed by atoms with Crippen LogP contribution in [0.15, 0.2) is 30.3 Å². The van der Waals surface area contributed by atoms with Crippen LogP contribution in [0.5, 0.6) is 0 Å². The molecule has 1 heterocycles. The third-order valence-corrected chi connectivity index (χ3v) is 3.75. The molecule has 1 atom stereocenters. The Balaban J connectivity index is 1.86. The highest BCUT2D eigenvalue weighted by atomic mass is 19.1. The van der Waals surface area contributed by atoms with Crippen LogP contribution in [0.3, 0.4) is 0 Å². The van der Waals surface area contributed by atoms with E-state index in [9.17, 15) is 18.8 Å². The van der Waals surface area contributed by atoms with Crippen molar-refractivity contribution in [3.8, 4) is 0 Å². The maximum Gasteiger partial charge on any atom is 0.331 e. The van der Waals surface area contributed by atoms with Crippen molar-refractivity contribution in [1.29, 1.82) is 0 Å².